The number of aromatic nitrogens is 2. The van der Waals surface area contributed by atoms with E-state index in [-0.39, 0.29) is 6.23 Å². The van der Waals surface area contributed by atoms with Crippen molar-refractivity contribution in [2.75, 3.05) is 6.61 Å². The molecule has 1 aromatic heterocycles. The number of rotatable bonds is 3. The Kier molecular flexibility index (Phi) is 3.47. The highest BCUT2D eigenvalue weighted by Gasteiger charge is 2.40. The van der Waals surface area contributed by atoms with Gasteiger partial charge < -0.3 is 14.8 Å². The Morgan fingerprint density at radius 3 is 2.75 bits per heavy atom. The molecule has 1 saturated heterocycles. The molecule has 6 heteroatoms. The van der Waals surface area contributed by atoms with Gasteiger partial charge in [-0.3, -0.25) is 0 Å². The Bertz CT molecular complexity index is 778. The topological polar surface area (TPSA) is 67.5 Å². The summed E-state index contributed by atoms with van der Waals surface area (Å²) >= 11 is 0. The zero-order valence-corrected chi connectivity index (χ0v) is 13.8. The molecule has 0 spiro atoms. The predicted octanol–water partition coefficient (Wildman–Crippen LogP) is 1.85. The Balaban J connectivity index is 1.68. The minimum absolute atomic E-state index is 0.0291. The Hall–Kier alpha value is -1.37. The lowest BCUT2D eigenvalue weighted by molar-refractivity contribution is -0.0366. The number of ether oxygens (including phenoxy) is 1. The fourth-order valence-corrected chi connectivity index (χ4v) is 4.78. The van der Waals surface area contributed by atoms with Crippen LogP contribution in [-0.2, 0) is 11.2 Å². The highest BCUT2D eigenvalue weighted by atomic mass is 16.5. The molecule has 2 unspecified atom stereocenters. The van der Waals surface area contributed by atoms with Gasteiger partial charge in [-0.25, -0.2) is 4.68 Å². The van der Waals surface area contributed by atoms with Crippen LogP contribution < -0.4 is 5.46 Å². The van der Waals surface area contributed by atoms with Crippen molar-refractivity contribution in [3.8, 4) is 0 Å². The zero-order chi connectivity index (χ0) is 16.3. The average molecular weight is 326 g/mol. The predicted molar refractivity (Wildman–Crippen MR) is 92.2 cm³/mol. The first-order valence-corrected chi connectivity index (χ1v) is 9.24. The molecule has 2 aliphatic carbocycles. The van der Waals surface area contributed by atoms with Gasteiger partial charge in [-0.2, -0.15) is 5.10 Å². The second-order valence-electron chi connectivity index (χ2n) is 7.56. The van der Waals surface area contributed by atoms with E-state index in [0.717, 1.165) is 55.5 Å². The summed E-state index contributed by atoms with van der Waals surface area (Å²) in [5.41, 5.74) is 4.16. The van der Waals surface area contributed by atoms with Crippen molar-refractivity contribution in [3.05, 3.63) is 23.4 Å². The molecule has 0 amide bonds. The van der Waals surface area contributed by atoms with E-state index in [1.165, 1.54) is 24.0 Å². The number of hydrogen-bond acceptors (Lipinski definition) is 4. The molecule has 2 atom stereocenters. The quantitative estimate of drug-likeness (QED) is 0.845. The van der Waals surface area contributed by atoms with Crippen LogP contribution in [0.1, 0.15) is 61.8 Å². The molecule has 0 bridgehead atoms. The van der Waals surface area contributed by atoms with Crippen LogP contribution in [0, 0.1) is 5.92 Å². The summed E-state index contributed by atoms with van der Waals surface area (Å²) < 4.78 is 7.84. The molecule has 2 heterocycles. The molecule has 2 aromatic rings. The third-order valence-electron chi connectivity index (χ3n) is 6.04. The van der Waals surface area contributed by atoms with Crippen molar-refractivity contribution < 1.29 is 14.8 Å². The fraction of sp³-hybridized carbons (Fsp3) is 0.611. The molecule has 0 radical (unpaired) electrons. The summed E-state index contributed by atoms with van der Waals surface area (Å²) in [7, 11) is -1.44. The summed E-state index contributed by atoms with van der Waals surface area (Å²) in [6, 6.07) is 2.23. The number of fused-ring (bicyclic) bond motifs is 2. The molecule has 126 valence electrons. The minimum atomic E-state index is -1.44. The van der Waals surface area contributed by atoms with E-state index in [4.69, 9.17) is 4.74 Å². The second kappa shape index (κ2) is 5.58. The third-order valence-corrected chi connectivity index (χ3v) is 6.04. The van der Waals surface area contributed by atoms with Crippen molar-refractivity contribution >= 4 is 23.5 Å². The first kappa shape index (κ1) is 14.9. The molecule has 2 N–H and O–H groups in total. The van der Waals surface area contributed by atoms with Crippen LogP contribution in [0.2, 0.25) is 0 Å². The third kappa shape index (κ3) is 2.24. The summed E-state index contributed by atoms with van der Waals surface area (Å²) in [5, 5.41) is 25.7. The van der Waals surface area contributed by atoms with E-state index in [9.17, 15) is 10.0 Å². The van der Waals surface area contributed by atoms with Crippen molar-refractivity contribution in [1.29, 1.82) is 0 Å². The smallest absolute Gasteiger partial charge is 0.423 e. The van der Waals surface area contributed by atoms with Gasteiger partial charge in [0.2, 0.25) is 0 Å². The lowest BCUT2D eigenvalue weighted by atomic mass is 9.71. The Morgan fingerprint density at radius 1 is 1.17 bits per heavy atom. The largest absolute Gasteiger partial charge is 0.489 e. The second-order valence-corrected chi connectivity index (χ2v) is 7.56. The summed E-state index contributed by atoms with van der Waals surface area (Å²) in [6.07, 6.45) is 9.71. The Morgan fingerprint density at radius 2 is 2.04 bits per heavy atom. The number of nitrogens with zero attached hydrogens (tertiary/aromatic N) is 2. The van der Waals surface area contributed by atoms with Gasteiger partial charge in [0, 0.05) is 12.0 Å². The molecule has 2 fully saturated rings. The number of aryl methyl sites for hydroxylation is 1. The first-order chi connectivity index (χ1) is 11.7. The van der Waals surface area contributed by atoms with E-state index < -0.39 is 7.12 Å². The maximum Gasteiger partial charge on any atom is 0.489 e. The van der Waals surface area contributed by atoms with Crippen LogP contribution in [-0.4, -0.2) is 33.6 Å². The highest BCUT2D eigenvalue weighted by Crippen LogP contribution is 2.49. The van der Waals surface area contributed by atoms with E-state index in [1.54, 1.807) is 6.20 Å². The molecule has 5 nitrogen and oxygen atoms in total. The monoisotopic (exact) mass is 326 g/mol. The van der Waals surface area contributed by atoms with Gasteiger partial charge in [-0.05, 0) is 79.4 Å². The van der Waals surface area contributed by atoms with Crippen molar-refractivity contribution in [1.82, 2.24) is 9.78 Å². The van der Waals surface area contributed by atoms with E-state index in [1.807, 2.05) is 4.68 Å². The summed E-state index contributed by atoms with van der Waals surface area (Å²) in [5.74, 6) is 1.23. The molecule has 1 aliphatic heterocycles. The van der Waals surface area contributed by atoms with Gasteiger partial charge in [0.15, 0.2) is 6.23 Å². The van der Waals surface area contributed by atoms with Gasteiger partial charge in [0.05, 0.1) is 11.7 Å². The highest BCUT2D eigenvalue weighted by molar-refractivity contribution is 6.62. The Labute approximate surface area is 141 Å². The molecule has 24 heavy (non-hydrogen) atoms. The van der Waals surface area contributed by atoms with Crippen LogP contribution in [0.5, 0.6) is 0 Å². The summed E-state index contributed by atoms with van der Waals surface area (Å²) in [4.78, 5) is 0. The molecule has 1 saturated carbocycles. The average Bonchev–Trinajstić information content (AvgIpc) is 3.22. The SMILES string of the molecule is OB(O)c1c2c(cc3c1cnn3C1CCCCO1)CCC2C1CC1. The van der Waals surface area contributed by atoms with Gasteiger partial charge in [-0.1, -0.05) is 0 Å². The first-order valence-electron chi connectivity index (χ1n) is 9.24. The van der Waals surface area contributed by atoms with E-state index >= 15 is 0 Å². The molecule has 5 rings (SSSR count). The van der Waals surface area contributed by atoms with Crippen LogP contribution in [0.25, 0.3) is 10.9 Å². The van der Waals surface area contributed by atoms with Crippen LogP contribution in [0.3, 0.4) is 0 Å². The normalized spacial score (nSPS) is 26.8. The van der Waals surface area contributed by atoms with Gasteiger partial charge in [0.25, 0.3) is 0 Å². The van der Waals surface area contributed by atoms with Crippen molar-refractivity contribution in [2.45, 2.75) is 57.1 Å². The van der Waals surface area contributed by atoms with E-state index in [2.05, 4.69) is 11.2 Å². The maximum atomic E-state index is 10.1. The molecule has 3 aliphatic rings. The lowest BCUT2D eigenvalue weighted by Gasteiger charge is -2.24. The molecular weight excluding hydrogens is 303 g/mol. The zero-order valence-electron chi connectivity index (χ0n) is 13.8. The molecular formula is C18H23BN2O3. The standard InChI is InChI=1S/C18H23BN2O3/c22-19(23)18-14-10-20-21(16-3-1-2-8-24-16)15(14)9-12-6-7-13(17(12)18)11-4-5-11/h9-11,13,16,22-23H,1-8H2. The number of hydrogen-bond donors (Lipinski definition) is 2. The van der Waals surface area contributed by atoms with Crippen LogP contribution in [0.15, 0.2) is 12.3 Å². The van der Waals surface area contributed by atoms with Crippen LogP contribution >= 0.6 is 0 Å². The maximum absolute atomic E-state index is 10.1. The van der Waals surface area contributed by atoms with Crippen molar-refractivity contribution in [2.24, 2.45) is 5.92 Å². The number of benzene rings is 1. The van der Waals surface area contributed by atoms with Gasteiger partial charge >= 0.3 is 7.12 Å². The fourth-order valence-electron chi connectivity index (χ4n) is 4.78. The molecule has 1 aromatic carbocycles. The minimum Gasteiger partial charge on any atom is -0.423 e. The summed E-state index contributed by atoms with van der Waals surface area (Å²) in [6.45, 7) is 0.774. The van der Waals surface area contributed by atoms with Crippen LogP contribution in [0.4, 0.5) is 0 Å². The lowest BCUT2D eigenvalue weighted by Crippen LogP contribution is -2.35. The van der Waals surface area contributed by atoms with E-state index in [0.29, 0.717) is 11.4 Å². The van der Waals surface area contributed by atoms with Gasteiger partial charge in [-0.15, -0.1) is 0 Å². The van der Waals surface area contributed by atoms with Crippen molar-refractivity contribution in [3.63, 3.8) is 0 Å². The van der Waals surface area contributed by atoms with Gasteiger partial charge in [0.1, 0.15) is 0 Å².